The van der Waals surface area contributed by atoms with Crippen molar-refractivity contribution in [3.05, 3.63) is 47.3 Å². The number of carbonyl (C=O) groups is 1. The van der Waals surface area contributed by atoms with Crippen LogP contribution < -0.4 is 10.6 Å². The van der Waals surface area contributed by atoms with Gasteiger partial charge in [-0.15, -0.1) is 0 Å². The average molecular weight is 452 g/mol. The Bertz CT molecular complexity index is 901. The minimum absolute atomic E-state index is 0.0567. The van der Waals surface area contributed by atoms with Crippen LogP contribution in [0.5, 0.6) is 0 Å². The maximum absolute atomic E-state index is 12.3. The Kier molecular flexibility index (Phi) is 9.81. The summed E-state index contributed by atoms with van der Waals surface area (Å²) >= 11 is 0. The van der Waals surface area contributed by atoms with Gasteiger partial charge in [-0.25, -0.2) is 9.97 Å². The number of aliphatic imine (C=N–C) groups is 1. The number of ether oxygens (including phenoxy) is 1. The van der Waals surface area contributed by atoms with Crippen LogP contribution in [0.15, 0.2) is 35.5 Å². The number of rotatable bonds is 5. The molecule has 1 amide bonds. The molecule has 0 unspecified atom stereocenters. The van der Waals surface area contributed by atoms with E-state index in [2.05, 4.69) is 32.5 Å². The summed E-state index contributed by atoms with van der Waals surface area (Å²) in [5.41, 5.74) is 3.19. The second-order valence-corrected chi connectivity index (χ2v) is 8.93. The highest BCUT2D eigenvalue weighted by Crippen LogP contribution is 2.22. The molecule has 178 valence electrons. The average Bonchev–Trinajstić information content (AvgIpc) is 2.83. The van der Waals surface area contributed by atoms with Crippen LogP contribution in [0.4, 0.5) is 11.6 Å². The van der Waals surface area contributed by atoms with Crippen LogP contribution >= 0.6 is 0 Å². The van der Waals surface area contributed by atoms with Gasteiger partial charge in [0.2, 0.25) is 5.95 Å². The summed E-state index contributed by atoms with van der Waals surface area (Å²) in [5, 5.41) is 6.20. The van der Waals surface area contributed by atoms with Crippen molar-refractivity contribution in [2.24, 2.45) is 10.9 Å². The third-order valence-electron chi connectivity index (χ3n) is 6.14. The number of benzene rings is 1. The molecule has 2 N–H and O–H groups in total. The third-order valence-corrected chi connectivity index (χ3v) is 6.14. The lowest BCUT2D eigenvalue weighted by Crippen LogP contribution is -2.38. The SMILES string of the molecule is CC1CCCCC1.CN=Cc1cnc(Nc2ccc(C(=O)NC3CCOCC3)cc2)nc1C. The normalized spacial score (nSPS) is 17.3. The van der Waals surface area contributed by atoms with E-state index in [4.69, 9.17) is 4.74 Å². The van der Waals surface area contributed by atoms with Gasteiger partial charge < -0.3 is 15.4 Å². The van der Waals surface area contributed by atoms with Gasteiger partial charge >= 0.3 is 0 Å². The van der Waals surface area contributed by atoms with E-state index in [0.29, 0.717) is 24.7 Å². The second kappa shape index (κ2) is 13.0. The fraction of sp³-hybridized carbons (Fsp3) is 0.538. The predicted molar refractivity (Wildman–Crippen MR) is 134 cm³/mol. The molecular formula is C26H37N5O2. The van der Waals surface area contributed by atoms with E-state index in [1.54, 1.807) is 31.6 Å². The van der Waals surface area contributed by atoms with Crippen molar-refractivity contribution in [2.45, 2.75) is 64.8 Å². The van der Waals surface area contributed by atoms with Gasteiger partial charge in [-0.1, -0.05) is 39.0 Å². The van der Waals surface area contributed by atoms with E-state index in [9.17, 15) is 4.79 Å². The Balaban J connectivity index is 0.000000374. The van der Waals surface area contributed by atoms with Crippen LogP contribution in [-0.2, 0) is 4.74 Å². The van der Waals surface area contributed by atoms with Crippen LogP contribution in [0.3, 0.4) is 0 Å². The minimum Gasteiger partial charge on any atom is -0.381 e. The summed E-state index contributed by atoms with van der Waals surface area (Å²) in [4.78, 5) is 25.0. The van der Waals surface area contributed by atoms with Crippen LogP contribution in [0.25, 0.3) is 0 Å². The Morgan fingerprint density at radius 1 is 1.09 bits per heavy atom. The lowest BCUT2D eigenvalue weighted by Gasteiger charge is -2.23. The van der Waals surface area contributed by atoms with Crippen molar-refractivity contribution in [3.63, 3.8) is 0 Å². The highest BCUT2D eigenvalue weighted by Gasteiger charge is 2.17. The molecule has 7 heteroatoms. The topological polar surface area (TPSA) is 88.5 Å². The Morgan fingerprint density at radius 2 is 1.79 bits per heavy atom. The number of nitrogens with one attached hydrogen (secondary N) is 2. The number of anilines is 2. The first-order chi connectivity index (χ1) is 16.0. The lowest BCUT2D eigenvalue weighted by molar-refractivity contribution is 0.0696. The number of carbonyl (C=O) groups excluding carboxylic acids is 1. The fourth-order valence-electron chi connectivity index (χ4n) is 4.05. The molecule has 1 aromatic heterocycles. The molecule has 2 heterocycles. The van der Waals surface area contributed by atoms with Crippen LogP contribution in [0, 0.1) is 12.8 Å². The molecule has 0 atom stereocenters. The van der Waals surface area contributed by atoms with Gasteiger partial charge in [0.15, 0.2) is 0 Å². The maximum Gasteiger partial charge on any atom is 0.251 e. The van der Waals surface area contributed by atoms with Gasteiger partial charge in [-0.3, -0.25) is 9.79 Å². The van der Waals surface area contributed by atoms with E-state index >= 15 is 0 Å². The lowest BCUT2D eigenvalue weighted by atomic mass is 9.91. The first-order valence-corrected chi connectivity index (χ1v) is 12.1. The van der Waals surface area contributed by atoms with Gasteiger partial charge in [0, 0.05) is 55.5 Å². The van der Waals surface area contributed by atoms with Gasteiger partial charge in [-0.05, 0) is 49.9 Å². The maximum atomic E-state index is 12.3. The molecule has 2 fully saturated rings. The molecule has 0 radical (unpaired) electrons. The number of hydrogen-bond donors (Lipinski definition) is 2. The number of hydrogen-bond acceptors (Lipinski definition) is 6. The Morgan fingerprint density at radius 3 is 2.36 bits per heavy atom. The summed E-state index contributed by atoms with van der Waals surface area (Å²) in [5.74, 6) is 1.49. The number of amides is 1. The molecule has 1 saturated carbocycles. The third kappa shape index (κ3) is 8.24. The number of nitrogens with zero attached hydrogens (tertiary/aromatic N) is 3. The fourth-order valence-corrected chi connectivity index (χ4v) is 4.05. The van der Waals surface area contributed by atoms with Crippen molar-refractivity contribution < 1.29 is 9.53 Å². The summed E-state index contributed by atoms with van der Waals surface area (Å²) in [6, 6.07) is 7.47. The second-order valence-electron chi connectivity index (χ2n) is 8.93. The summed E-state index contributed by atoms with van der Waals surface area (Å²) in [6.07, 6.45) is 12.6. The van der Waals surface area contributed by atoms with Crippen molar-refractivity contribution in [1.82, 2.24) is 15.3 Å². The van der Waals surface area contributed by atoms with Crippen molar-refractivity contribution in [1.29, 1.82) is 0 Å². The zero-order chi connectivity index (χ0) is 23.5. The van der Waals surface area contributed by atoms with E-state index in [-0.39, 0.29) is 11.9 Å². The summed E-state index contributed by atoms with van der Waals surface area (Å²) < 4.78 is 5.31. The Labute approximate surface area is 197 Å². The van der Waals surface area contributed by atoms with Crippen LogP contribution in [0.2, 0.25) is 0 Å². The molecule has 2 aromatic rings. The summed E-state index contributed by atoms with van der Waals surface area (Å²) in [7, 11) is 1.71. The molecule has 0 spiro atoms. The van der Waals surface area contributed by atoms with Gasteiger partial charge in [0.05, 0.1) is 5.69 Å². The first kappa shape index (κ1) is 24.8. The van der Waals surface area contributed by atoms with Crippen LogP contribution in [-0.4, -0.2) is 48.4 Å². The number of aromatic nitrogens is 2. The van der Waals surface area contributed by atoms with Gasteiger partial charge in [0.25, 0.3) is 5.91 Å². The first-order valence-electron chi connectivity index (χ1n) is 12.1. The predicted octanol–water partition coefficient (Wildman–Crippen LogP) is 5.07. The molecule has 0 bridgehead atoms. The molecule has 1 saturated heterocycles. The molecule has 2 aliphatic rings. The Hall–Kier alpha value is -2.80. The van der Waals surface area contributed by atoms with E-state index in [1.165, 1.54) is 32.1 Å². The minimum atomic E-state index is -0.0567. The van der Waals surface area contributed by atoms with E-state index < -0.39 is 0 Å². The molecular weight excluding hydrogens is 414 g/mol. The van der Waals surface area contributed by atoms with Gasteiger partial charge in [-0.2, -0.15) is 0 Å². The molecule has 1 aromatic carbocycles. The van der Waals surface area contributed by atoms with Gasteiger partial charge in [0.1, 0.15) is 0 Å². The standard InChI is InChI=1S/C19H23N5O2.C7H14/c1-13-15(11-20-2)12-21-19(22-13)24-16-5-3-14(4-6-16)18(25)23-17-7-9-26-10-8-17;1-7-5-3-2-4-6-7/h3-6,11-12,17H,7-10H2,1-2H3,(H,23,25)(H,21,22,24);7H,2-6H2,1H3. The smallest absolute Gasteiger partial charge is 0.251 e. The largest absolute Gasteiger partial charge is 0.381 e. The van der Waals surface area contributed by atoms with Crippen LogP contribution in [0.1, 0.15) is 73.5 Å². The molecule has 1 aliphatic carbocycles. The monoisotopic (exact) mass is 451 g/mol. The molecule has 1 aliphatic heterocycles. The molecule has 7 nitrogen and oxygen atoms in total. The van der Waals surface area contributed by atoms with Crippen molar-refractivity contribution >= 4 is 23.8 Å². The molecule has 4 rings (SSSR count). The highest BCUT2D eigenvalue weighted by molar-refractivity contribution is 5.94. The van der Waals surface area contributed by atoms with Crippen molar-refractivity contribution in [3.8, 4) is 0 Å². The quantitative estimate of drug-likeness (QED) is 0.620. The van der Waals surface area contributed by atoms with E-state index in [1.807, 2.05) is 19.1 Å². The zero-order valence-electron chi connectivity index (χ0n) is 20.1. The van der Waals surface area contributed by atoms with Crippen molar-refractivity contribution in [2.75, 3.05) is 25.6 Å². The zero-order valence-corrected chi connectivity index (χ0v) is 20.1. The molecule has 33 heavy (non-hydrogen) atoms. The highest BCUT2D eigenvalue weighted by atomic mass is 16.5. The summed E-state index contributed by atoms with van der Waals surface area (Å²) in [6.45, 7) is 5.68. The van der Waals surface area contributed by atoms with E-state index in [0.717, 1.165) is 35.7 Å². The number of aryl methyl sites for hydroxylation is 1.